The number of carbonyl (C=O) groups is 2. The Morgan fingerprint density at radius 3 is 2.48 bits per heavy atom. The van der Waals surface area contributed by atoms with Gasteiger partial charge in [0, 0.05) is 30.6 Å². The van der Waals surface area contributed by atoms with Gasteiger partial charge in [-0.1, -0.05) is 52.0 Å². The molecule has 1 saturated carbocycles. The number of carboxylic acids is 1. The molecule has 3 rings (SSSR count). The molecule has 2 aliphatic carbocycles. The van der Waals surface area contributed by atoms with E-state index in [1.165, 1.54) is 43.2 Å². The van der Waals surface area contributed by atoms with Crippen LogP contribution < -0.4 is 11.1 Å². The number of carboxylic acid groups (broad SMARTS) is 1. The SMILES string of the molecule is CCC1(CC)c2cc(C(N)=O)ccc2C[C@H](OC)[C@@H]1NCC[C@@H](CC1CCCCC1)C(=O)O. The maximum Gasteiger partial charge on any atom is 0.306 e. The van der Waals surface area contributed by atoms with Gasteiger partial charge < -0.3 is 20.9 Å². The lowest BCUT2D eigenvalue weighted by molar-refractivity contribution is -0.142. The van der Waals surface area contributed by atoms with Gasteiger partial charge in [0.1, 0.15) is 0 Å². The van der Waals surface area contributed by atoms with Gasteiger partial charge in [0.15, 0.2) is 0 Å². The fraction of sp³-hybridized carbons (Fsp3) is 0.704. The van der Waals surface area contributed by atoms with Crippen molar-refractivity contribution in [2.75, 3.05) is 13.7 Å². The molecule has 0 aromatic heterocycles. The highest BCUT2D eigenvalue weighted by molar-refractivity contribution is 5.93. The minimum Gasteiger partial charge on any atom is -0.481 e. The molecule has 0 aliphatic heterocycles. The summed E-state index contributed by atoms with van der Waals surface area (Å²) in [6, 6.07) is 5.83. The van der Waals surface area contributed by atoms with Crippen LogP contribution >= 0.6 is 0 Å². The van der Waals surface area contributed by atoms with Gasteiger partial charge >= 0.3 is 5.97 Å². The fourth-order valence-electron chi connectivity index (χ4n) is 6.43. The van der Waals surface area contributed by atoms with Crippen LogP contribution in [0, 0.1) is 11.8 Å². The third-order valence-corrected chi connectivity index (χ3v) is 8.43. The van der Waals surface area contributed by atoms with Crippen molar-refractivity contribution in [3.63, 3.8) is 0 Å². The molecule has 184 valence electrons. The number of hydrogen-bond donors (Lipinski definition) is 3. The summed E-state index contributed by atoms with van der Waals surface area (Å²) in [5.74, 6) is -0.852. The monoisotopic (exact) mass is 458 g/mol. The van der Waals surface area contributed by atoms with Gasteiger partial charge in [-0.05, 0) is 61.4 Å². The van der Waals surface area contributed by atoms with Gasteiger partial charge in [0.25, 0.3) is 0 Å². The minimum atomic E-state index is -0.678. The molecule has 0 unspecified atom stereocenters. The number of benzene rings is 1. The van der Waals surface area contributed by atoms with Crippen LogP contribution in [-0.2, 0) is 21.4 Å². The van der Waals surface area contributed by atoms with Crippen LogP contribution in [0.1, 0.15) is 93.1 Å². The highest BCUT2D eigenvalue weighted by Gasteiger charge is 2.46. The maximum atomic E-state index is 12.0. The maximum absolute atomic E-state index is 12.0. The first-order valence-electron chi connectivity index (χ1n) is 12.8. The number of carbonyl (C=O) groups excluding carboxylic acids is 1. The van der Waals surface area contributed by atoms with Crippen molar-refractivity contribution in [3.8, 4) is 0 Å². The summed E-state index contributed by atoms with van der Waals surface area (Å²) < 4.78 is 5.95. The fourth-order valence-corrected chi connectivity index (χ4v) is 6.43. The molecule has 4 N–H and O–H groups in total. The molecular formula is C27H42N2O4. The second-order valence-corrected chi connectivity index (χ2v) is 10.1. The Balaban J connectivity index is 1.78. The summed E-state index contributed by atoms with van der Waals surface area (Å²) in [7, 11) is 1.75. The summed E-state index contributed by atoms with van der Waals surface area (Å²) in [4.78, 5) is 23.9. The second kappa shape index (κ2) is 11.5. The average Bonchev–Trinajstić information content (AvgIpc) is 2.83. The van der Waals surface area contributed by atoms with Crippen LogP contribution in [0.2, 0.25) is 0 Å². The number of hydrogen-bond acceptors (Lipinski definition) is 4. The quantitative estimate of drug-likeness (QED) is 0.455. The Kier molecular flexibility index (Phi) is 8.94. The van der Waals surface area contributed by atoms with Crippen molar-refractivity contribution >= 4 is 11.9 Å². The van der Waals surface area contributed by atoms with E-state index in [-0.39, 0.29) is 23.5 Å². The van der Waals surface area contributed by atoms with Crippen LogP contribution in [0.5, 0.6) is 0 Å². The molecule has 2 aliphatic rings. The summed E-state index contributed by atoms with van der Waals surface area (Å²) in [6.07, 6.45) is 10.0. The molecule has 1 fully saturated rings. The molecule has 6 nitrogen and oxygen atoms in total. The largest absolute Gasteiger partial charge is 0.481 e. The van der Waals surface area contributed by atoms with E-state index >= 15 is 0 Å². The molecular weight excluding hydrogens is 416 g/mol. The lowest BCUT2D eigenvalue weighted by Crippen LogP contribution is -2.59. The number of methoxy groups -OCH3 is 1. The Labute approximate surface area is 198 Å². The number of primary amides is 1. The van der Waals surface area contributed by atoms with Crippen molar-refractivity contribution in [2.45, 2.75) is 95.6 Å². The van der Waals surface area contributed by atoms with Crippen molar-refractivity contribution in [2.24, 2.45) is 17.6 Å². The Morgan fingerprint density at radius 1 is 1.21 bits per heavy atom. The molecule has 0 bridgehead atoms. The molecule has 1 aromatic rings. The molecule has 33 heavy (non-hydrogen) atoms. The molecule has 0 radical (unpaired) electrons. The van der Waals surface area contributed by atoms with E-state index in [4.69, 9.17) is 10.5 Å². The zero-order valence-corrected chi connectivity index (χ0v) is 20.6. The molecule has 3 atom stereocenters. The smallest absolute Gasteiger partial charge is 0.306 e. The van der Waals surface area contributed by atoms with Crippen molar-refractivity contribution in [3.05, 3.63) is 34.9 Å². The first-order chi connectivity index (χ1) is 15.9. The van der Waals surface area contributed by atoms with Crippen LogP contribution in [0.25, 0.3) is 0 Å². The first-order valence-corrected chi connectivity index (χ1v) is 12.8. The van der Waals surface area contributed by atoms with E-state index in [2.05, 4.69) is 19.2 Å². The first kappa shape index (κ1) is 25.7. The number of amides is 1. The zero-order valence-electron chi connectivity index (χ0n) is 20.6. The number of nitrogens with one attached hydrogen (secondary N) is 1. The third kappa shape index (κ3) is 5.60. The van der Waals surface area contributed by atoms with Gasteiger partial charge in [0.05, 0.1) is 12.0 Å². The van der Waals surface area contributed by atoms with Crippen molar-refractivity contribution in [1.29, 1.82) is 0 Å². The van der Waals surface area contributed by atoms with Crippen molar-refractivity contribution < 1.29 is 19.4 Å². The van der Waals surface area contributed by atoms with Gasteiger partial charge in [-0.15, -0.1) is 0 Å². The third-order valence-electron chi connectivity index (χ3n) is 8.43. The van der Waals surface area contributed by atoms with E-state index in [1.54, 1.807) is 13.2 Å². The number of ether oxygens (including phenoxy) is 1. The van der Waals surface area contributed by atoms with E-state index in [0.717, 1.165) is 25.7 Å². The predicted octanol–water partition coefficient (Wildman–Crippen LogP) is 4.43. The van der Waals surface area contributed by atoms with Crippen LogP contribution in [0.15, 0.2) is 18.2 Å². The number of nitrogens with two attached hydrogens (primary N) is 1. The van der Waals surface area contributed by atoms with E-state index < -0.39 is 11.9 Å². The number of fused-ring (bicyclic) bond motifs is 1. The molecule has 0 spiro atoms. The Morgan fingerprint density at radius 2 is 1.91 bits per heavy atom. The minimum absolute atomic E-state index is 0.0153. The topological polar surface area (TPSA) is 102 Å². The van der Waals surface area contributed by atoms with Gasteiger partial charge in [0.2, 0.25) is 5.91 Å². The lowest BCUT2D eigenvalue weighted by Gasteiger charge is -2.49. The summed E-state index contributed by atoms with van der Waals surface area (Å²) in [5, 5.41) is 13.6. The highest BCUT2D eigenvalue weighted by atomic mass is 16.5. The standard InChI is InChI=1S/C27H42N2O4/c1-4-27(5-2)22-16-20(25(28)30)12-11-19(22)17-23(33-3)24(27)29-14-13-21(26(31)32)15-18-9-7-6-8-10-18/h11-12,16,18,21,23-24,29H,4-10,13-15,17H2,1-3H3,(H2,28,30)(H,31,32)/t21-,23-,24-/m0/s1. The zero-order chi connectivity index (χ0) is 24.0. The summed E-state index contributed by atoms with van der Waals surface area (Å²) in [6.45, 7) is 5.00. The van der Waals surface area contributed by atoms with E-state index in [9.17, 15) is 14.7 Å². The molecule has 1 amide bonds. The van der Waals surface area contributed by atoms with Gasteiger partial charge in [-0.25, -0.2) is 0 Å². The van der Waals surface area contributed by atoms with Crippen LogP contribution in [-0.4, -0.2) is 42.8 Å². The Hall–Kier alpha value is -1.92. The number of rotatable bonds is 11. The molecule has 0 saturated heterocycles. The summed E-state index contributed by atoms with van der Waals surface area (Å²) in [5.41, 5.74) is 8.29. The highest BCUT2D eigenvalue weighted by Crippen LogP contribution is 2.44. The van der Waals surface area contributed by atoms with Gasteiger partial charge in [-0.2, -0.15) is 0 Å². The molecule has 0 heterocycles. The van der Waals surface area contributed by atoms with E-state index in [0.29, 0.717) is 24.4 Å². The number of aliphatic carboxylic acids is 1. The summed E-state index contributed by atoms with van der Waals surface area (Å²) >= 11 is 0. The predicted molar refractivity (Wildman–Crippen MR) is 130 cm³/mol. The van der Waals surface area contributed by atoms with Gasteiger partial charge in [-0.3, -0.25) is 9.59 Å². The Bertz CT molecular complexity index is 814. The lowest BCUT2D eigenvalue weighted by atomic mass is 9.62. The second-order valence-electron chi connectivity index (χ2n) is 10.1. The van der Waals surface area contributed by atoms with E-state index in [1.807, 2.05) is 12.1 Å². The van der Waals surface area contributed by atoms with Crippen LogP contribution in [0.3, 0.4) is 0 Å². The average molecular weight is 459 g/mol. The molecule has 6 heteroatoms. The van der Waals surface area contributed by atoms with Crippen molar-refractivity contribution in [1.82, 2.24) is 5.32 Å². The normalized spacial score (nSPS) is 23.6. The van der Waals surface area contributed by atoms with Crippen LogP contribution in [0.4, 0.5) is 0 Å². The molecule has 1 aromatic carbocycles.